The van der Waals surface area contributed by atoms with Crippen molar-refractivity contribution in [3.63, 3.8) is 0 Å². The molecule has 8 heterocycles. The van der Waals surface area contributed by atoms with Crippen LogP contribution in [0, 0.1) is 30.5 Å². The molecule has 0 saturated heterocycles. The largest absolute Gasteiger partial charge is 0.373 e. The molecule has 15 rings (SSSR count). The van der Waals surface area contributed by atoms with Gasteiger partial charge in [0, 0.05) is 184 Å². The molecule has 14 nitrogen and oxygen atoms in total. The first-order valence-corrected chi connectivity index (χ1v) is 28.7. The predicted octanol–water partition coefficient (Wildman–Crippen LogP) is 14.8. The van der Waals surface area contributed by atoms with Gasteiger partial charge in [-0.3, -0.25) is 28.4 Å². The second kappa shape index (κ2) is 34.8. The Morgan fingerprint density at radius 3 is 1.75 bits per heavy atom. The van der Waals surface area contributed by atoms with E-state index >= 15 is 0 Å². The number of imidazole rings is 1. The first-order chi connectivity index (χ1) is 42.5. The molecule has 92 heavy (non-hydrogen) atoms. The number of aryl methyl sites for hydroxylation is 4. The minimum absolute atomic E-state index is 0. The van der Waals surface area contributed by atoms with Crippen LogP contribution in [-0.2, 0) is 135 Å². The van der Waals surface area contributed by atoms with Crippen LogP contribution in [0.4, 0.5) is 0 Å². The van der Waals surface area contributed by atoms with E-state index in [0.717, 1.165) is 79.1 Å². The first-order valence-electron chi connectivity index (χ1n) is 27.9. The van der Waals surface area contributed by atoms with Crippen LogP contribution in [0.5, 0.6) is 0 Å². The molecule has 0 atom stereocenters. The molecule has 0 fully saturated rings. The van der Waals surface area contributed by atoms with Crippen molar-refractivity contribution in [3.05, 3.63) is 285 Å². The third kappa shape index (κ3) is 17.9. The zero-order chi connectivity index (χ0) is 60.1. The molecule has 0 saturated carbocycles. The summed E-state index contributed by atoms with van der Waals surface area (Å²) >= 11 is 1.36. The van der Waals surface area contributed by atoms with Crippen molar-refractivity contribution in [3.8, 4) is 95.7 Å². The summed E-state index contributed by atoms with van der Waals surface area (Å²) in [5.74, 6) is 1.70. The standard InChI is InChI=1S/C22H16N3.C19H17N2.C16H13N2.C9H8N3.C6H5N4S.4Ir.Pt/c1-2-17-9-11-20(12-10-17)25-15-13-22(24-25)19-7-5-6-18(16-19)21-8-3-4-14-23-21;1-19(2)16-7-5-4-6-14(16)15-9-8-13(12-17(15)19)18-10-11-21(3)20-18;1-18-11-10-16(17-18)15-9-5-8-14(12-15)13-6-3-2-4-7-13;1-12-6-5-11-9(12)8-3-2-4-10-7-8;1-10-4-7-9-6(10)5-2-8-11-3-5;;;;;/h2-6,8-16H,1H2;4-7,9-12H,1-3H3;2-8,10-12H,1H3;2,4-7H,1H3;3-4H,1H3;;;;;/q5*-1;;;;;. The van der Waals surface area contributed by atoms with Crippen molar-refractivity contribution in [2.24, 2.45) is 28.2 Å². The fraction of sp³-hybridized carbons (Fsp3) is 0.0972. The van der Waals surface area contributed by atoms with E-state index in [4.69, 9.17) is 0 Å². The molecule has 0 unspecified atom stereocenters. The Morgan fingerprint density at radius 1 is 0.511 bits per heavy atom. The van der Waals surface area contributed by atoms with E-state index in [1.807, 2.05) is 180 Å². The van der Waals surface area contributed by atoms with Gasteiger partial charge in [-0.15, -0.1) is 124 Å². The number of nitrogens with zero attached hydrogens (tertiary/aromatic N) is 14. The van der Waals surface area contributed by atoms with E-state index in [9.17, 15) is 0 Å². The average molecular weight is 2120 g/mol. The van der Waals surface area contributed by atoms with E-state index in [2.05, 4.69) is 162 Å². The third-order valence-electron chi connectivity index (χ3n) is 14.4. The summed E-state index contributed by atoms with van der Waals surface area (Å²) < 4.78 is 13.1. The van der Waals surface area contributed by atoms with Crippen LogP contribution in [0.3, 0.4) is 0 Å². The zero-order valence-corrected chi connectivity index (χ0v) is 63.2. The zero-order valence-electron chi connectivity index (χ0n) is 50.5. The summed E-state index contributed by atoms with van der Waals surface area (Å²) in [5, 5.41) is 23.1. The average Bonchev–Trinajstić information content (AvgIpc) is 1.60. The quantitative estimate of drug-likeness (QED) is 0.129. The number of rotatable bonds is 9. The fourth-order valence-electron chi connectivity index (χ4n) is 9.89. The Bertz CT molecular complexity index is 4530. The molecular formula is C72H59Ir4N14PtS-5. The minimum Gasteiger partial charge on any atom is -0.373 e. The van der Waals surface area contributed by atoms with Crippen molar-refractivity contribution in [1.29, 1.82) is 0 Å². The molecule has 0 spiro atoms. The van der Waals surface area contributed by atoms with Crippen molar-refractivity contribution in [2.75, 3.05) is 0 Å². The molecule has 4 radical (unpaired) electrons. The van der Waals surface area contributed by atoms with Crippen LogP contribution in [-0.4, -0.2) is 68.0 Å². The Morgan fingerprint density at radius 2 is 1.15 bits per heavy atom. The van der Waals surface area contributed by atoms with Crippen molar-refractivity contribution >= 4 is 17.6 Å². The molecular weight excluding hydrogens is 2060 g/mol. The molecule has 14 aromatic rings. The summed E-state index contributed by atoms with van der Waals surface area (Å²) in [6, 6.07) is 70.3. The van der Waals surface area contributed by atoms with Crippen molar-refractivity contribution in [1.82, 2.24) is 68.0 Å². The van der Waals surface area contributed by atoms with Gasteiger partial charge < -0.3 is 14.1 Å². The van der Waals surface area contributed by atoms with E-state index < -0.39 is 0 Å². The van der Waals surface area contributed by atoms with Crippen LogP contribution in [0.1, 0.15) is 30.5 Å². The monoisotopic (exact) mass is 2120 g/mol. The normalized spacial score (nSPS) is 10.8. The minimum atomic E-state index is 0. The summed E-state index contributed by atoms with van der Waals surface area (Å²) in [5.41, 5.74) is 19.6. The third-order valence-corrected chi connectivity index (χ3v) is 15.0. The molecule has 20 heteroatoms. The van der Waals surface area contributed by atoms with Crippen LogP contribution in [0.25, 0.3) is 102 Å². The van der Waals surface area contributed by atoms with Crippen LogP contribution in [0.2, 0.25) is 0 Å². The van der Waals surface area contributed by atoms with Gasteiger partial charge in [-0.1, -0.05) is 164 Å². The van der Waals surface area contributed by atoms with Crippen LogP contribution in [0.15, 0.2) is 238 Å². The molecule has 1 aliphatic rings. The van der Waals surface area contributed by atoms with Gasteiger partial charge in [0.15, 0.2) is 0 Å². The molecule has 0 bridgehead atoms. The maximum atomic E-state index is 4.68. The number of hydrogen-bond donors (Lipinski definition) is 0. The second-order valence-electron chi connectivity index (χ2n) is 20.7. The number of aromatic nitrogens is 14. The van der Waals surface area contributed by atoms with Crippen LogP contribution < -0.4 is 0 Å². The van der Waals surface area contributed by atoms with Gasteiger partial charge in [-0.25, -0.2) is 15.3 Å². The molecule has 0 amide bonds. The Balaban J connectivity index is 0.000000185. The summed E-state index contributed by atoms with van der Waals surface area (Å²) in [6.07, 6.45) is 21.1. The summed E-state index contributed by atoms with van der Waals surface area (Å²) in [6.45, 7) is 8.36. The van der Waals surface area contributed by atoms with Crippen molar-refractivity contribution < 1.29 is 101 Å². The molecule has 474 valence electrons. The van der Waals surface area contributed by atoms with Crippen molar-refractivity contribution in [2.45, 2.75) is 19.3 Å². The smallest absolute Gasteiger partial charge is 0.107 e. The van der Waals surface area contributed by atoms with E-state index in [-0.39, 0.29) is 107 Å². The maximum absolute atomic E-state index is 4.68. The molecule has 1 aliphatic carbocycles. The van der Waals surface area contributed by atoms with E-state index in [1.165, 1.54) is 44.9 Å². The SMILES string of the molecule is C=Cc1ccc(-n2ccc(-c3[c-]ccc(-c4ccccn4)c3)n2)cc1.Cn1ccc(-c2[c-]cc3c(c2)C(C)(C)c2ccccc2-3)n1.Cn1ccc(-c2[c-]ccc(-c3ccccc3)c2)n1.Cn1ccnc1-c1[c-]ccnc1.Cn1cnnc1-c1[c-]nsc1.[Ir].[Ir].[Ir].[Ir].[Pt]. The number of fused-ring (bicyclic) bond motifs is 3. The molecule has 8 aromatic heterocycles. The topological polar surface area (TPSA) is 141 Å². The first kappa shape index (κ1) is 73.3. The van der Waals surface area contributed by atoms with Gasteiger partial charge in [-0.2, -0.15) is 10.2 Å². The van der Waals surface area contributed by atoms with E-state index in [0.29, 0.717) is 0 Å². The number of pyridine rings is 2. The van der Waals surface area contributed by atoms with Gasteiger partial charge in [0.2, 0.25) is 0 Å². The van der Waals surface area contributed by atoms with Gasteiger partial charge in [0.1, 0.15) is 6.33 Å². The maximum Gasteiger partial charge on any atom is 0.107 e. The van der Waals surface area contributed by atoms with Crippen LogP contribution >= 0.6 is 11.5 Å². The fourth-order valence-corrected chi connectivity index (χ4v) is 10.4. The Labute approximate surface area is 609 Å². The summed E-state index contributed by atoms with van der Waals surface area (Å²) in [4.78, 5) is 12.6. The van der Waals surface area contributed by atoms with Gasteiger partial charge in [0.25, 0.3) is 0 Å². The molecule has 0 aliphatic heterocycles. The Hall–Kier alpha value is -7.74. The van der Waals surface area contributed by atoms with Gasteiger partial charge >= 0.3 is 0 Å². The number of benzene rings is 6. The van der Waals surface area contributed by atoms with E-state index in [1.54, 1.807) is 41.9 Å². The van der Waals surface area contributed by atoms with Gasteiger partial charge in [0.05, 0.1) is 23.0 Å². The predicted molar refractivity (Wildman–Crippen MR) is 345 cm³/mol. The molecule has 6 aromatic carbocycles. The Kier molecular flexibility index (Phi) is 27.7. The second-order valence-corrected chi connectivity index (χ2v) is 21.3. The summed E-state index contributed by atoms with van der Waals surface area (Å²) in [7, 11) is 7.70. The van der Waals surface area contributed by atoms with Gasteiger partial charge in [-0.05, 0) is 46.4 Å². The molecule has 0 N–H and O–H groups in total. The number of hydrogen-bond acceptors (Lipinski definition) is 10.